The van der Waals surface area contributed by atoms with Gasteiger partial charge in [0, 0.05) is 25.5 Å². The Morgan fingerprint density at radius 1 is 1.41 bits per heavy atom. The quantitative estimate of drug-likeness (QED) is 0.940. The third-order valence-corrected chi connectivity index (χ3v) is 3.69. The fourth-order valence-corrected chi connectivity index (χ4v) is 2.63. The van der Waals surface area contributed by atoms with E-state index in [1.165, 1.54) is 18.3 Å². The van der Waals surface area contributed by atoms with Gasteiger partial charge in [-0.1, -0.05) is 12.1 Å². The largest absolute Gasteiger partial charge is 0.370 e. The fraction of sp³-hybridized carbons (Fsp3) is 0.250. The molecule has 2 aromatic rings. The molecule has 2 heterocycles. The zero-order valence-electron chi connectivity index (χ0n) is 11.9. The number of carbonyl (C=O) groups is 1. The molecular weight excluding hydrogens is 285 g/mol. The first kappa shape index (κ1) is 14.5. The first-order valence-electron chi connectivity index (χ1n) is 7.01. The van der Waals surface area contributed by atoms with Crippen LogP contribution < -0.4 is 10.6 Å². The number of primary amides is 1. The van der Waals surface area contributed by atoms with Crippen molar-refractivity contribution in [1.82, 2.24) is 4.98 Å². The number of amides is 1. The zero-order valence-corrected chi connectivity index (χ0v) is 11.9. The molecule has 3 rings (SSSR count). The normalized spacial score (nSPS) is 18.2. The Balaban J connectivity index is 1.86. The molecule has 0 spiro atoms. The van der Waals surface area contributed by atoms with Crippen molar-refractivity contribution in [2.75, 3.05) is 24.6 Å². The smallest absolute Gasteiger partial charge is 0.252 e. The minimum Gasteiger partial charge on any atom is -0.370 e. The van der Waals surface area contributed by atoms with E-state index in [2.05, 4.69) is 4.98 Å². The number of hydrogen-bond donors (Lipinski definition) is 1. The summed E-state index contributed by atoms with van der Waals surface area (Å²) in [5.41, 5.74) is 7.28. The van der Waals surface area contributed by atoms with Crippen molar-refractivity contribution in [3.05, 3.63) is 59.7 Å². The Bertz CT molecular complexity index is 693. The number of ether oxygens (including phenoxy) is 1. The number of rotatable bonds is 3. The van der Waals surface area contributed by atoms with Crippen LogP contribution in [-0.2, 0) is 4.74 Å². The molecule has 1 aromatic heterocycles. The molecule has 6 heteroatoms. The van der Waals surface area contributed by atoms with Crippen molar-refractivity contribution >= 4 is 11.6 Å². The predicted molar refractivity (Wildman–Crippen MR) is 80.1 cm³/mol. The highest BCUT2D eigenvalue weighted by atomic mass is 19.1. The molecule has 1 aliphatic rings. The highest BCUT2D eigenvalue weighted by Gasteiger charge is 2.25. The van der Waals surface area contributed by atoms with Crippen molar-refractivity contribution in [1.29, 1.82) is 0 Å². The monoisotopic (exact) mass is 301 g/mol. The number of benzene rings is 1. The second kappa shape index (κ2) is 6.11. The maximum absolute atomic E-state index is 13.4. The molecule has 1 atom stereocenters. The Morgan fingerprint density at radius 3 is 3.05 bits per heavy atom. The van der Waals surface area contributed by atoms with Gasteiger partial charge in [0.2, 0.25) is 0 Å². The maximum Gasteiger partial charge on any atom is 0.252 e. The molecule has 0 aliphatic carbocycles. The van der Waals surface area contributed by atoms with Crippen LogP contribution in [0.1, 0.15) is 22.0 Å². The lowest BCUT2D eigenvalue weighted by Gasteiger charge is -2.35. The average molecular weight is 301 g/mol. The molecule has 0 saturated carbocycles. The Labute approximate surface area is 127 Å². The number of halogens is 1. The van der Waals surface area contributed by atoms with E-state index in [1.54, 1.807) is 18.3 Å². The van der Waals surface area contributed by atoms with E-state index in [1.807, 2.05) is 11.0 Å². The molecular formula is C16H16FN3O2. The lowest BCUT2D eigenvalue weighted by atomic mass is 10.1. The van der Waals surface area contributed by atoms with Crippen LogP contribution in [-0.4, -0.2) is 30.6 Å². The predicted octanol–water partition coefficient (Wildman–Crippen LogP) is 1.90. The highest BCUT2D eigenvalue weighted by Crippen LogP contribution is 2.28. The molecule has 0 bridgehead atoms. The summed E-state index contributed by atoms with van der Waals surface area (Å²) in [5, 5.41) is 0. The van der Waals surface area contributed by atoms with Crippen molar-refractivity contribution < 1.29 is 13.9 Å². The van der Waals surface area contributed by atoms with Gasteiger partial charge in [-0.15, -0.1) is 0 Å². The molecule has 1 aliphatic heterocycles. The molecule has 0 radical (unpaired) electrons. The third kappa shape index (κ3) is 2.92. The van der Waals surface area contributed by atoms with Gasteiger partial charge < -0.3 is 15.4 Å². The molecule has 22 heavy (non-hydrogen) atoms. The molecule has 2 N–H and O–H groups in total. The van der Waals surface area contributed by atoms with Crippen LogP contribution in [0, 0.1) is 5.82 Å². The van der Waals surface area contributed by atoms with Crippen LogP contribution in [0.5, 0.6) is 0 Å². The SMILES string of the molecule is NC(=O)c1cnccc1N1CCOC(c2cccc(F)c2)C1. The fourth-order valence-electron chi connectivity index (χ4n) is 2.63. The first-order valence-corrected chi connectivity index (χ1v) is 7.01. The van der Waals surface area contributed by atoms with Crippen LogP contribution in [0.15, 0.2) is 42.7 Å². The number of anilines is 1. The van der Waals surface area contributed by atoms with Crippen LogP contribution in [0.4, 0.5) is 10.1 Å². The van der Waals surface area contributed by atoms with Crippen molar-refractivity contribution in [2.45, 2.75) is 6.10 Å². The van der Waals surface area contributed by atoms with Crippen LogP contribution >= 0.6 is 0 Å². The van der Waals surface area contributed by atoms with Crippen LogP contribution in [0.3, 0.4) is 0 Å². The summed E-state index contributed by atoms with van der Waals surface area (Å²) in [5.74, 6) is -0.808. The second-order valence-corrected chi connectivity index (χ2v) is 5.12. The summed E-state index contributed by atoms with van der Waals surface area (Å²) in [7, 11) is 0. The summed E-state index contributed by atoms with van der Waals surface area (Å²) in [4.78, 5) is 17.5. The van der Waals surface area contributed by atoms with Crippen molar-refractivity contribution in [2.24, 2.45) is 5.73 Å². The maximum atomic E-state index is 13.4. The van der Waals surface area contributed by atoms with Crippen molar-refractivity contribution in [3.63, 3.8) is 0 Å². The zero-order chi connectivity index (χ0) is 15.5. The van der Waals surface area contributed by atoms with E-state index < -0.39 is 5.91 Å². The number of morpholine rings is 1. The standard InChI is InChI=1S/C16H16FN3O2/c17-12-3-1-2-11(8-12)15-10-20(6-7-22-15)14-4-5-19-9-13(14)16(18)21/h1-5,8-9,15H,6-7,10H2,(H2,18,21). The van der Waals surface area contributed by atoms with Gasteiger partial charge in [0.15, 0.2) is 0 Å². The Kier molecular flexibility index (Phi) is 4.02. The summed E-state index contributed by atoms with van der Waals surface area (Å²) >= 11 is 0. The van der Waals surface area contributed by atoms with E-state index in [0.29, 0.717) is 25.3 Å². The van der Waals surface area contributed by atoms with Gasteiger partial charge in [0.05, 0.1) is 17.9 Å². The Hall–Kier alpha value is -2.47. The number of pyridine rings is 1. The second-order valence-electron chi connectivity index (χ2n) is 5.12. The van der Waals surface area contributed by atoms with Gasteiger partial charge in [0.25, 0.3) is 5.91 Å². The van der Waals surface area contributed by atoms with E-state index in [4.69, 9.17) is 10.5 Å². The van der Waals surface area contributed by atoms with E-state index >= 15 is 0 Å². The number of carbonyl (C=O) groups excluding carboxylic acids is 1. The first-order chi connectivity index (χ1) is 10.6. The minimum atomic E-state index is -0.517. The number of nitrogens with zero attached hydrogens (tertiary/aromatic N) is 2. The molecule has 1 amide bonds. The molecule has 5 nitrogen and oxygen atoms in total. The minimum absolute atomic E-state index is 0.252. The third-order valence-electron chi connectivity index (χ3n) is 3.69. The number of aromatic nitrogens is 1. The van der Waals surface area contributed by atoms with Crippen LogP contribution in [0.2, 0.25) is 0 Å². The van der Waals surface area contributed by atoms with Gasteiger partial charge in [-0.3, -0.25) is 9.78 Å². The topological polar surface area (TPSA) is 68.5 Å². The molecule has 114 valence electrons. The molecule has 1 unspecified atom stereocenters. The summed E-state index contributed by atoms with van der Waals surface area (Å²) in [6.45, 7) is 1.64. The average Bonchev–Trinajstić information content (AvgIpc) is 2.55. The number of hydrogen-bond acceptors (Lipinski definition) is 4. The van der Waals surface area contributed by atoms with E-state index in [9.17, 15) is 9.18 Å². The van der Waals surface area contributed by atoms with Gasteiger partial charge >= 0.3 is 0 Å². The molecule has 1 fully saturated rings. The van der Waals surface area contributed by atoms with Gasteiger partial charge in [0.1, 0.15) is 11.9 Å². The van der Waals surface area contributed by atoms with E-state index in [0.717, 1.165) is 11.3 Å². The number of nitrogens with two attached hydrogens (primary N) is 1. The van der Waals surface area contributed by atoms with Gasteiger partial charge in [-0.25, -0.2) is 4.39 Å². The van der Waals surface area contributed by atoms with E-state index in [-0.39, 0.29) is 11.9 Å². The van der Waals surface area contributed by atoms with Crippen LogP contribution in [0.25, 0.3) is 0 Å². The van der Waals surface area contributed by atoms with Crippen molar-refractivity contribution in [3.8, 4) is 0 Å². The highest BCUT2D eigenvalue weighted by molar-refractivity contribution is 5.98. The molecule has 1 saturated heterocycles. The summed E-state index contributed by atoms with van der Waals surface area (Å²) in [6.07, 6.45) is 2.83. The Morgan fingerprint density at radius 2 is 2.27 bits per heavy atom. The van der Waals surface area contributed by atoms with Gasteiger partial charge in [-0.2, -0.15) is 0 Å². The lowest BCUT2D eigenvalue weighted by Crippen LogP contribution is -2.39. The lowest BCUT2D eigenvalue weighted by molar-refractivity contribution is 0.0395. The van der Waals surface area contributed by atoms with Gasteiger partial charge in [-0.05, 0) is 23.8 Å². The summed E-state index contributed by atoms with van der Waals surface area (Å²) < 4.78 is 19.1. The molecule has 1 aromatic carbocycles. The summed E-state index contributed by atoms with van der Waals surface area (Å²) in [6, 6.07) is 8.12.